The molecule has 3 rings (SSSR count). The van der Waals surface area contributed by atoms with E-state index in [0.717, 1.165) is 42.1 Å². The summed E-state index contributed by atoms with van der Waals surface area (Å²) in [5.41, 5.74) is 8.23. The molecule has 0 atom stereocenters. The van der Waals surface area contributed by atoms with Gasteiger partial charge in [-0.15, -0.1) is 11.3 Å². The minimum Gasteiger partial charge on any atom is -0.365 e. The second kappa shape index (κ2) is 7.80. The summed E-state index contributed by atoms with van der Waals surface area (Å²) in [6.45, 7) is 4.83. The number of carbonyl (C=O) groups is 2. The molecule has 0 saturated carbocycles. The lowest BCUT2D eigenvalue weighted by Crippen LogP contribution is -2.30. The Hall–Kier alpha value is -2.18. The molecule has 2 heterocycles. The number of nitrogens with two attached hydrogens (primary N) is 1. The van der Waals surface area contributed by atoms with E-state index in [0.29, 0.717) is 23.4 Å². The number of fused-ring (bicyclic) bond motifs is 1. The fourth-order valence-electron chi connectivity index (χ4n) is 3.17. The normalized spacial score (nSPS) is 14.1. The topological polar surface area (TPSA) is 75.4 Å². The van der Waals surface area contributed by atoms with Crippen LogP contribution in [0.3, 0.4) is 0 Å². The number of nitrogens with zero attached hydrogens (tertiary/aromatic N) is 1. The van der Waals surface area contributed by atoms with E-state index in [1.807, 2.05) is 30.3 Å². The van der Waals surface area contributed by atoms with Crippen LogP contribution in [0.15, 0.2) is 30.3 Å². The summed E-state index contributed by atoms with van der Waals surface area (Å²) in [6.07, 6.45) is 1.86. The van der Waals surface area contributed by atoms with Gasteiger partial charge in [0, 0.05) is 24.4 Å². The van der Waals surface area contributed by atoms with Crippen molar-refractivity contribution >= 4 is 28.2 Å². The molecule has 2 amide bonds. The van der Waals surface area contributed by atoms with Gasteiger partial charge in [-0.1, -0.05) is 37.3 Å². The zero-order valence-corrected chi connectivity index (χ0v) is 15.2. The number of aryl methyl sites for hydroxylation is 1. The molecule has 3 N–H and O–H groups in total. The first-order chi connectivity index (χ1) is 12.1. The highest BCUT2D eigenvalue weighted by Crippen LogP contribution is 2.36. The Labute approximate surface area is 151 Å². The molecule has 0 spiro atoms. The average molecular weight is 357 g/mol. The van der Waals surface area contributed by atoms with Gasteiger partial charge in [0.1, 0.15) is 5.00 Å². The number of likely N-dealkylation sites (N-methyl/N-ethyl adjacent to an activating group) is 1. The van der Waals surface area contributed by atoms with Gasteiger partial charge in [0.25, 0.3) is 5.91 Å². The van der Waals surface area contributed by atoms with E-state index in [1.165, 1.54) is 11.3 Å². The van der Waals surface area contributed by atoms with Crippen LogP contribution in [0.25, 0.3) is 0 Å². The molecule has 0 fully saturated rings. The molecule has 132 valence electrons. The van der Waals surface area contributed by atoms with Crippen LogP contribution >= 0.6 is 11.3 Å². The molecule has 1 aliphatic heterocycles. The van der Waals surface area contributed by atoms with Crippen LogP contribution in [0.5, 0.6) is 0 Å². The second-order valence-corrected chi connectivity index (χ2v) is 7.33. The molecule has 2 aromatic rings. The minimum absolute atomic E-state index is 0.0858. The van der Waals surface area contributed by atoms with Crippen LogP contribution in [-0.2, 0) is 24.2 Å². The van der Waals surface area contributed by atoms with Gasteiger partial charge >= 0.3 is 0 Å². The number of primary amides is 1. The number of anilines is 1. The first-order valence-corrected chi connectivity index (χ1v) is 9.40. The molecule has 0 radical (unpaired) electrons. The maximum Gasteiger partial charge on any atom is 0.251 e. The van der Waals surface area contributed by atoms with E-state index in [4.69, 9.17) is 5.73 Å². The third-order valence-corrected chi connectivity index (χ3v) is 5.70. The summed E-state index contributed by atoms with van der Waals surface area (Å²) < 4.78 is 0. The van der Waals surface area contributed by atoms with Crippen molar-refractivity contribution in [1.82, 2.24) is 4.90 Å². The van der Waals surface area contributed by atoms with E-state index in [9.17, 15) is 9.59 Å². The Balaban J connectivity index is 1.72. The predicted molar refractivity (Wildman–Crippen MR) is 101 cm³/mol. The number of rotatable bonds is 6. The summed E-state index contributed by atoms with van der Waals surface area (Å²) in [4.78, 5) is 27.7. The van der Waals surface area contributed by atoms with Crippen LogP contribution in [0.2, 0.25) is 0 Å². The number of hydrogen-bond acceptors (Lipinski definition) is 4. The molecular formula is C19H23N3O2S. The number of benzene rings is 1. The maximum atomic E-state index is 12.3. The van der Waals surface area contributed by atoms with Gasteiger partial charge < -0.3 is 11.1 Å². The first kappa shape index (κ1) is 17.6. The van der Waals surface area contributed by atoms with E-state index in [2.05, 4.69) is 17.1 Å². The van der Waals surface area contributed by atoms with Gasteiger partial charge in [0.05, 0.1) is 5.56 Å². The predicted octanol–water partition coefficient (Wildman–Crippen LogP) is 2.80. The zero-order valence-electron chi connectivity index (χ0n) is 14.4. The Morgan fingerprint density at radius 1 is 1.28 bits per heavy atom. The van der Waals surface area contributed by atoms with Gasteiger partial charge in [-0.05, 0) is 30.5 Å². The smallest absolute Gasteiger partial charge is 0.251 e. The molecular weight excluding hydrogens is 334 g/mol. The van der Waals surface area contributed by atoms with E-state index >= 15 is 0 Å². The van der Waals surface area contributed by atoms with Crippen molar-refractivity contribution < 1.29 is 9.59 Å². The van der Waals surface area contributed by atoms with Crippen LogP contribution in [-0.4, -0.2) is 29.8 Å². The SMILES string of the molecule is CCN1CCc2c(sc(NC(=O)CCc3ccccc3)c2C(N)=O)C1. The van der Waals surface area contributed by atoms with Gasteiger partial charge in [0.15, 0.2) is 0 Å². The highest BCUT2D eigenvalue weighted by atomic mass is 32.1. The number of nitrogens with one attached hydrogen (secondary N) is 1. The lowest BCUT2D eigenvalue weighted by Gasteiger charge is -2.25. The van der Waals surface area contributed by atoms with E-state index < -0.39 is 5.91 Å². The highest BCUT2D eigenvalue weighted by molar-refractivity contribution is 7.17. The summed E-state index contributed by atoms with van der Waals surface area (Å²) in [5, 5.41) is 3.52. The second-order valence-electron chi connectivity index (χ2n) is 6.22. The fraction of sp³-hybridized carbons (Fsp3) is 0.368. The fourth-order valence-corrected chi connectivity index (χ4v) is 4.48. The monoisotopic (exact) mass is 357 g/mol. The molecule has 25 heavy (non-hydrogen) atoms. The van der Waals surface area contributed by atoms with E-state index in [-0.39, 0.29) is 5.91 Å². The van der Waals surface area contributed by atoms with Crippen LogP contribution < -0.4 is 11.1 Å². The van der Waals surface area contributed by atoms with Gasteiger partial charge in [-0.25, -0.2) is 0 Å². The van der Waals surface area contributed by atoms with E-state index in [1.54, 1.807) is 0 Å². The van der Waals surface area contributed by atoms with Gasteiger partial charge in [-0.2, -0.15) is 0 Å². The van der Waals surface area contributed by atoms with Crippen LogP contribution in [0, 0.1) is 0 Å². The Bertz CT molecular complexity index is 770. The van der Waals surface area contributed by atoms with Gasteiger partial charge in [-0.3, -0.25) is 14.5 Å². The Morgan fingerprint density at radius 3 is 2.72 bits per heavy atom. The molecule has 1 aliphatic rings. The number of amides is 2. The third-order valence-electron chi connectivity index (χ3n) is 4.57. The molecule has 6 heteroatoms. The number of thiophene rings is 1. The van der Waals surface area contributed by atoms with Crippen molar-refractivity contribution in [3.8, 4) is 0 Å². The van der Waals surface area contributed by atoms with Crippen molar-refractivity contribution in [2.75, 3.05) is 18.4 Å². The molecule has 5 nitrogen and oxygen atoms in total. The molecule has 0 bridgehead atoms. The Morgan fingerprint density at radius 2 is 2.04 bits per heavy atom. The lowest BCUT2D eigenvalue weighted by atomic mass is 10.0. The van der Waals surface area contributed by atoms with Crippen molar-refractivity contribution in [3.63, 3.8) is 0 Å². The summed E-state index contributed by atoms with van der Waals surface area (Å²) >= 11 is 1.48. The molecule has 0 saturated heterocycles. The van der Waals surface area contributed by atoms with Crippen molar-refractivity contribution in [2.45, 2.75) is 32.7 Å². The summed E-state index contributed by atoms with van der Waals surface area (Å²) in [6, 6.07) is 9.89. The average Bonchev–Trinajstić information content (AvgIpc) is 2.97. The van der Waals surface area contributed by atoms with Crippen molar-refractivity contribution in [2.24, 2.45) is 5.73 Å². The number of hydrogen-bond donors (Lipinski definition) is 2. The molecule has 0 aliphatic carbocycles. The van der Waals surface area contributed by atoms with Crippen LogP contribution in [0.4, 0.5) is 5.00 Å². The highest BCUT2D eigenvalue weighted by Gasteiger charge is 2.27. The standard InChI is InChI=1S/C19H23N3O2S/c1-2-22-11-10-14-15(12-22)25-19(17(14)18(20)24)21-16(23)9-8-13-6-4-3-5-7-13/h3-7H,2,8-12H2,1H3,(H2,20,24)(H,21,23). The minimum atomic E-state index is -0.458. The van der Waals surface area contributed by atoms with Crippen molar-refractivity contribution in [1.29, 1.82) is 0 Å². The first-order valence-electron chi connectivity index (χ1n) is 8.59. The quantitative estimate of drug-likeness (QED) is 0.835. The van der Waals surface area contributed by atoms with Crippen LogP contribution in [0.1, 0.15) is 39.7 Å². The zero-order chi connectivity index (χ0) is 17.8. The molecule has 0 unspecified atom stereocenters. The largest absolute Gasteiger partial charge is 0.365 e. The molecule has 1 aromatic carbocycles. The molecule has 1 aromatic heterocycles. The Kier molecular flexibility index (Phi) is 5.50. The van der Waals surface area contributed by atoms with Gasteiger partial charge in [0.2, 0.25) is 5.91 Å². The summed E-state index contributed by atoms with van der Waals surface area (Å²) in [5.74, 6) is -0.543. The maximum absolute atomic E-state index is 12.3. The van der Waals surface area contributed by atoms with Crippen molar-refractivity contribution in [3.05, 3.63) is 51.9 Å². The lowest BCUT2D eigenvalue weighted by molar-refractivity contribution is -0.116. The number of carbonyl (C=O) groups excluding carboxylic acids is 2. The summed E-state index contributed by atoms with van der Waals surface area (Å²) in [7, 11) is 0. The third kappa shape index (κ3) is 4.08.